The molecule has 4 rings (SSSR count). The lowest BCUT2D eigenvalue weighted by Crippen LogP contribution is -2.53. The molecule has 0 bridgehead atoms. The molecule has 0 spiro atoms. The molecule has 0 aliphatic carbocycles. The van der Waals surface area contributed by atoms with Gasteiger partial charge >= 0.3 is 21.5 Å². The molecule has 32 heavy (non-hydrogen) atoms. The zero-order chi connectivity index (χ0) is 23.3. The van der Waals surface area contributed by atoms with Crippen LogP contribution in [0.1, 0.15) is 0 Å². The van der Waals surface area contributed by atoms with E-state index in [0.29, 0.717) is 4.90 Å². The minimum atomic E-state index is -6.39. The van der Waals surface area contributed by atoms with E-state index < -0.39 is 43.9 Å². The van der Waals surface area contributed by atoms with Gasteiger partial charge in [0.15, 0.2) is 14.3 Å². The highest BCUT2D eigenvalue weighted by atomic mass is 32.2. The minimum absolute atomic E-state index is 0.496. The van der Waals surface area contributed by atoms with E-state index in [2.05, 4.69) is 4.74 Å². The smallest absolute Gasteiger partial charge is 0.432 e. The van der Waals surface area contributed by atoms with E-state index in [-0.39, 0.29) is 0 Å². The maximum atomic E-state index is 13.9. The van der Waals surface area contributed by atoms with Crippen molar-refractivity contribution < 1.29 is 39.7 Å². The molecule has 4 aromatic rings. The Balaban J connectivity index is 1.85. The molecule has 1 heterocycles. The lowest BCUT2D eigenvalue weighted by molar-refractivity contribution is -0.239. The standard InChI is InChI=1S/C21H13F5O4S2/c22-20(23,24)19(21(25,26)32(27,28)29)30-13-6-5-7-14(12-13)31-17-10-3-1-8-15(17)16-9-2-4-11-18(16)31/h1-12,19H/p+1. The Labute approximate surface area is 181 Å². The largest absolute Gasteiger partial charge is 0.473 e. The second kappa shape index (κ2) is 7.68. The van der Waals surface area contributed by atoms with Gasteiger partial charge in [-0.15, -0.1) is 0 Å². The predicted molar refractivity (Wildman–Crippen MR) is 112 cm³/mol. The molecular weight excluding hydrogens is 475 g/mol. The number of rotatable bonds is 5. The highest BCUT2D eigenvalue weighted by Gasteiger charge is 2.65. The average Bonchev–Trinajstić information content (AvgIpc) is 3.05. The molecule has 1 unspecified atom stereocenters. The first kappa shape index (κ1) is 22.4. The highest BCUT2D eigenvalue weighted by Crippen LogP contribution is 2.49. The van der Waals surface area contributed by atoms with Gasteiger partial charge in [0.25, 0.3) is 6.10 Å². The van der Waals surface area contributed by atoms with E-state index in [9.17, 15) is 30.4 Å². The van der Waals surface area contributed by atoms with Crippen molar-refractivity contribution in [1.29, 1.82) is 0 Å². The summed E-state index contributed by atoms with van der Waals surface area (Å²) in [6.07, 6.45) is -9.86. The van der Waals surface area contributed by atoms with E-state index >= 15 is 0 Å². The quantitative estimate of drug-likeness (QED) is 0.197. The average molecular weight is 489 g/mol. The van der Waals surface area contributed by atoms with Crippen LogP contribution in [0, 0.1) is 0 Å². The molecule has 0 saturated heterocycles. The Hall–Kier alpha value is -2.76. The number of alkyl halides is 5. The van der Waals surface area contributed by atoms with Gasteiger partial charge < -0.3 is 4.74 Å². The number of fused-ring (bicyclic) bond motifs is 3. The summed E-state index contributed by atoms with van der Waals surface area (Å²) < 4.78 is 104. The zero-order valence-corrected chi connectivity index (χ0v) is 17.5. The molecule has 1 aromatic heterocycles. The zero-order valence-electron chi connectivity index (χ0n) is 15.9. The summed E-state index contributed by atoms with van der Waals surface area (Å²) in [4.78, 5) is 0.496. The first-order valence-electron chi connectivity index (χ1n) is 9.02. The van der Waals surface area contributed by atoms with Gasteiger partial charge in [-0.2, -0.15) is 30.4 Å². The maximum Gasteiger partial charge on any atom is 0.432 e. The summed E-state index contributed by atoms with van der Waals surface area (Å²) in [7, 11) is -7.13. The van der Waals surface area contributed by atoms with Crippen LogP contribution in [-0.2, 0) is 10.1 Å². The first-order chi connectivity index (χ1) is 14.9. The maximum absolute atomic E-state index is 13.9. The summed E-state index contributed by atoms with van der Waals surface area (Å²) >= 11 is 0. The Bertz CT molecular complexity index is 1360. The number of hydrogen-bond acceptors (Lipinski definition) is 3. The molecule has 1 atom stereocenters. The van der Waals surface area contributed by atoms with Crippen molar-refractivity contribution >= 4 is 40.8 Å². The summed E-state index contributed by atoms with van der Waals surface area (Å²) in [5, 5.41) is -3.71. The van der Waals surface area contributed by atoms with Crippen molar-refractivity contribution in [2.24, 2.45) is 0 Å². The molecule has 0 saturated carbocycles. The molecule has 0 fully saturated rings. The van der Waals surface area contributed by atoms with Crippen LogP contribution in [0.3, 0.4) is 0 Å². The van der Waals surface area contributed by atoms with Gasteiger partial charge in [0, 0.05) is 27.3 Å². The van der Waals surface area contributed by atoms with Gasteiger partial charge in [0.1, 0.15) is 5.75 Å². The summed E-state index contributed by atoms with van der Waals surface area (Å²) in [5.41, 5.74) is 0. The molecular formula is C21H14F5O4S2+. The Morgan fingerprint density at radius 3 is 1.84 bits per heavy atom. The van der Waals surface area contributed by atoms with Crippen LogP contribution >= 0.6 is 10.5 Å². The molecule has 0 amide bonds. The molecule has 168 valence electrons. The number of halogens is 5. The van der Waals surface area contributed by atoms with E-state index in [1.165, 1.54) is 12.1 Å². The third-order valence-corrected chi connectivity index (χ3v) is 7.96. The predicted octanol–water partition coefficient (Wildman–Crippen LogP) is 6.52. The van der Waals surface area contributed by atoms with Crippen molar-refractivity contribution in [3.63, 3.8) is 0 Å². The molecule has 1 N–H and O–H groups in total. The second-order valence-electron chi connectivity index (χ2n) is 6.85. The second-order valence-corrected chi connectivity index (χ2v) is 10.3. The van der Waals surface area contributed by atoms with E-state index in [1.54, 1.807) is 6.07 Å². The topological polar surface area (TPSA) is 63.6 Å². The fourth-order valence-electron chi connectivity index (χ4n) is 3.38. The minimum Gasteiger partial charge on any atom is -0.473 e. The van der Waals surface area contributed by atoms with Gasteiger partial charge in [-0.1, -0.05) is 30.3 Å². The molecule has 3 aromatic carbocycles. The van der Waals surface area contributed by atoms with E-state index in [4.69, 9.17) is 4.55 Å². The van der Waals surface area contributed by atoms with Crippen LogP contribution in [0.4, 0.5) is 22.0 Å². The van der Waals surface area contributed by atoms with Crippen LogP contribution in [0.25, 0.3) is 25.1 Å². The summed E-state index contributed by atoms with van der Waals surface area (Å²) in [6.45, 7) is 0. The Kier molecular flexibility index (Phi) is 5.38. The van der Waals surface area contributed by atoms with E-state index in [1.807, 2.05) is 48.5 Å². The van der Waals surface area contributed by atoms with Gasteiger partial charge in [0.05, 0.1) is 0 Å². The van der Waals surface area contributed by atoms with E-state index in [0.717, 1.165) is 26.2 Å². The number of thiophene rings is 1. The number of ether oxygens (including phenoxy) is 1. The third-order valence-electron chi connectivity index (χ3n) is 4.75. The van der Waals surface area contributed by atoms with Gasteiger partial charge in [0.2, 0.25) is 0 Å². The monoisotopic (exact) mass is 489 g/mol. The van der Waals surface area contributed by atoms with Crippen molar-refractivity contribution in [2.75, 3.05) is 0 Å². The molecule has 0 aliphatic heterocycles. The summed E-state index contributed by atoms with van der Waals surface area (Å²) in [5.74, 6) is -0.609. The van der Waals surface area contributed by atoms with Crippen LogP contribution in [-0.4, -0.2) is 30.5 Å². The van der Waals surface area contributed by atoms with Crippen LogP contribution in [0.15, 0.2) is 72.8 Å². The fourth-order valence-corrected chi connectivity index (χ4v) is 6.25. The van der Waals surface area contributed by atoms with Crippen molar-refractivity contribution in [3.8, 4) is 10.6 Å². The SMILES string of the molecule is O=S(=O)(O)C(F)(F)C(Oc1cccc(-[s+]2c3ccccc3c3ccccc32)c1)C(F)(F)F. The normalized spacial score (nSPS) is 14.1. The van der Waals surface area contributed by atoms with Crippen LogP contribution < -0.4 is 4.74 Å². The molecule has 11 heteroatoms. The summed E-state index contributed by atoms with van der Waals surface area (Å²) in [6, 6.07) is 20.0. The number of hydrogen-bond donors (Lipinski definition) is 1. The van der Waals surface area contributed by atoms with Crippen molar-refractivity contribution in [2.45, 2.75) is 17.5 Å². The van der Waals surface area contributed by atoms with Gasteiger partial charge in [-0.05, 0) is 36.4 Å². The molecule has 0 radical (unpaired) electrons. The van der Waals surface area contributed by atoms with Crippen LogP contribution in [0.5, 0.6) is 5.75 Å². The lowest BCUT2D eigenvalue weighted by atomic mass is 10.2. The first-order valence-corrected chi connectivity index (χ1v) is 11.7. The van der Waals surface area contributed by atoms with Crippen molar-refractivity contribution in [3.05, 3.63) is 72.8 Å². The fraction of sp³-hybridized carbons (Fsp3) is 0.143. The van der Waals surface area contributed by atoms with Gasteiger partial charge in [-0.25, -0.2) is 0 Å². The third kappa shape index (κ3) is 3.80. The molecule has 0 aliphatic rings. The van der Waals surface area contributed by atoms with Crippen molar-refractivity contribution in [1.82, 2.24) is 0 Å². The Morgan fingerprint density at radius 1 is 0.812 bits per heavy atom. The number of benzene rings is 3. The highest BCUT2D eigenvalue weighted by molar-refractivity contribution is 7.86. The van der Waals surface area contributed by atoms with Gasteiger partial charge in [-0.3, -0.25) is 4.55 Å². The lowest BCUT2D eigenvalue weighted by Gasteiger charge is -2.26. The Morgan fingerprint density at radius 2 is 1.34 bits per heavy atom. The van der Waals surface area contributed by atoms with Crippen LogP contribution in [0.2, 0.25) is 0 Å². The molecule has 4 nitrogen and oxygen atoms in total.